The van der Waals surface area contributed by atoms with Gasteiger partial charge in [-0.15, -0.1) is 5.10 Å². The van der Waals surface area contributed by atoms with E-state index in [0.717, 1.165) is 16.8 Å². The Morgan fingerprint density at radius 1 is 1.25 bits per heavy atom. The van der Waals surface area contributed by atoms with E-state index >= 15 is 0 Å². The molecule has 1 atom stereocenters. The number of carbonyl (C=O) groups excluding carboxylic acids is 1. The second kappa shape index (κ2) is 8.62. The Labute approximate surface area is 167 Å². The third-order valence-electron chi connectivity index (χ3n) is 4.04. The average molecular weight is 399 g/mol. The molecule has 0 bridgehead atoms. The van der Waals surface area contributed by atoms with E-state index in [2.05, 4.69) is 26.1 Å². The van der Waals surface area contributed by atoms with Crippen LogP contribution < -0.4 is 10.2 Å². The molecule has 0 fully saturated rings. The highest BCUT2D eigenvalue weighted by Gasteiger charge is 2.15. The molecule has 0 saturated carbocycles. The van der Waals surface area contributed by atoms with Gasteiger partial charge in [0.25, 0.3) is 5.91 Å². The molecule has 0 aliphatic carbocycles. The summed E-state index contributed by atoms with van der Waals surface area (Å²) in [5.41, 5.74) is 5.73. The summed E-state index contributed by atoms with van der Waals surface area (Å²) in [6, 6.07) is 12.7. The van der Waals surface area contributed by atoms with E-state index < -0.39 is 6.10 Å². The minimum absolute atomic E-state index is 0.348. The van der Waals surface area contributed by atoms with Crippen molar-refractivity contribution in [1.82, 2.24) is 25.6 Å². The van der Waals surface area contributed by atoms with Crippen LogP contribution in [0.5, 0.6) is 5.75 Å². The van der Waals surface area contributed by atoms with Crippen LogP contribution in [0, 0.1) is 6.92 Å². The second-order valence-corrected chi connectivity index (χ2v) is 6.58. The highest BCUT2D eigenvalue weighted by molar-refractivity contribution is 6.30. The lowest BCUT2D eigenvalue weighted by Gasteiger charge is -2.15. The molecule has 0 radical (unpaired) electrons. The lowest BCUT2D eigenvalue weighted by molar-refractivity contribution is -0.127. The van der Waals surface area contributed by atoms with Gasteiger partial charge in [-0.25, -0.2) is 10.1 Å². The predicted molar refractivity (Wildman–Crippen MR) is 106 cm³/mol. The van der Waals surface area contributed by atoms with Crippen molar-refractivity contribution in [3.63, 3.8) is 0 Å². The maximum absolute atomic E-state index is 12.3. The number of halogens is 1. The molecule has 0 aliphatic heterocycles. The third-order valence-corrected chi connectivity index (χ3v) is 4.28. The summed E-state index contributed by atoms with van der Waals surface area (Å²) >= 11 is 5.93. The first-order valence-corrected chi connectivity index (χ1v) is 8.92. The molecular formula is C19H19ClN6O2. The number of ether oxygens (including phenoxy) is 1. The zero-order valence-corrected chi connectivity index (χ0v) is 16.4. The quantitative estimate of drug-likeness (QED) is 0.509. The van der Waals surface area contributed by atoms with Crippen LogP contribution in [0.25, 0.3) is 5.69 Å². The summed E-state index contributed by atoms with van der Waals surface area (Å²) in [5, 5.41) is 15.8. The highest BCUT2D eigenvalue weighted by atomic mass is 35.5. The summed E-state index contributed by atoms with van der Waals surface area (Å²) in [6.45, 7) is 5.34. The zero-order valence-electron chi connectivity index (χ0n) is 15.6. The van der Waals surface area contributed by atoms with E-state index in [4.69, 9.17) is 16.3 Å². The maximum atomic E-state index is 12.3. The Hall–Kier alpha value is -3.26. The fourth-order valence-corrected chi connectivity index (χ4v) is 2.65. The summed E-state index contributed by atoms with van der Waals surface area (Å²) in [7, 11) is 0. The number of nitrogens with zero attached hydrogens (tertiary/aromatic N) is 5. The topological polar surface area (TPSA) is 94.3 Å². The van der Waals surface area contributed by atoms with Crippen molar-refractivity contribution in [3.05, 3.63) is 64.9 Å². The molecule has 8 nitrogen and oxygen atoms in total. The van der Waals surface area contributed by atoms with E-state index in [-0.39, 0.29) is 5.91 Å². The van der Waals surface area contributed by atoms with Gasteiger partial charge in [-0.2, -0.15) is 5.10 Å². The smallest absolute Gasteiger partial charge is 0.280 e. The van der Waals surface area contributed by atoms with Crippen molar-refractivity contribution in [2.24, 2.45) is 5.10 Å². The molecule has 1 heterocycles. The Morgan fingerprint density at radius 2 is 2.00 bits per heavy atom. The minimum Gasteiger partial charge on any atom is -0.481 e. The number of aryl methyl sites for hydroxylation is 1. The molecule has 0 spiro atoms. The van der Waals surface area contributed by atoms with Gasteiger partial charge in [0.1, 0.15) is 12.1 Å². The highest BCUT2D eigenvalue weighted by Crippen LogP contribution is 2.22. The van der Waals surface area contributed by atoms with Gasteiger partial charge in [0.15, 0.2) is 6.10 Å². The molecule has 0 unspecified atom stereocenters. The number of benzene rings is 2. The molecular weight excluding hydrogens is 380 g/mol. The fraction of sp³-hybridized carbons (Fsp3) is 0.211. The number of aromatic nitrogens is 4. The van der Waals surface area contributed by atoms with Crippen molar-refractivity contribution in [2.75, 3.05) is 0 Å². The number of nitrogens with one attached hydrogen (secondary N) is 1. The number of hydrogen-bond donors (Lipinski definition) is 1. The van der Waals surface area contributed by atoms with Gasteiger partial charge in [0.05, 0.1) is 11.4 Å². The Morgan fingerprint density at radius 3 is 2.64 bits per heavy atom. The molecule has 0 aliphatic rings. The van der Waals surface area contributed by atoms with E-state index in [1.165, 1.54) is 6.33 Å². The monoisotopic (exact) mass is 398 g/mol. The predicted octanol–water partition coefficient (Wildman–Crippen LogP) is 2.93. The minimum atomic E-state index is -0.710. The average Bonchev–Trinajstić information content (AvgIpc) is 3.23. The van der Waals surface area contributed by atoms with Crippen LogP contribution in [0.2, 0.25) is 5.02 Å². The first-order valence-electron chi connectivity index (χ1n) is 8.55. The fourth-order valence-electron chi connectivity index (χ4n) is 2.42. The third kappa shape index (κ3) is 4.72. The van der Waals surface area contributed by atoms with E-state index in [0.29, 0.717) is 16.5 Å². The molecule has 3 aromatic rings. The van der Waals surface area contributed by atoms with Crippen LogP contribution in [0.15, 0.2) is 53.9 Å². The van der Waals surface area contributed by atoms with Crippen molar-refractivity contribution in [3.8, 4) is 11.4 Å². The van der Waals surface area contributed by atoms with Crippen LogP contribution >= 0.6 is 11.6 Å². The van der Waals surface area contributed by atoms with Crippen LogP contribution in [-0.2, 0) is 4.79 Å². The maximum Gasteiger partial charge on any atom is 0.280 e. The first-order chi connectivity index (χ1) is 13.4. The van der Waals surface area contributed by atoms with Gasteiger partial charge in [-0.1, -0.05) is 23.7 Å². The summed E-state index contributed by atoms with van der Waals surface area (Å²) < 4.78 is 7.25. The van der Waals surface area contributed by atoms with Gasteiger partial charge in [0.2, 0.25) is 0 Å². The van der Waals surface area contributed by atoms with Gasteiger partial charge >= 0.3 is 0 Å². The Kier molecular flexibility index (Phi) is 6.00. The summed E-state index contributed by atoms with van der Waals surface area (Å²) in [4.78, 5) is 12.3. The SMILES string of the molecule is C/C(=N/NC(=O)[C@H](C)Oc1ccc(Cl)cc1C)c1ccc(-n2cnnn2)cc1. The molecule has 28 heavy (non-hydrogen) atoms. The first kappa shape index (κ1) is 19.5. The van der Waals surface area contributed by atoms with Crippen LogP contribution in [-0.4, -0.2) is 37.9 Å². The number of hydrogen-bond acceptors (Lipinski definition) is 6. The lowest BCUT2D eigenvalue weighted by atomic mass is 10.1. The lowest BCUT2D eigenvalue weighted by Crippen LogP contribution is -2.34. The van der Waals surface area contributed by atoms with E-state index in [1.807, 2.05) is 31.2 Å². The molecule has 0 saturated heterocycles. The van der Waals surface area contributed by atoms with Gasteiger partial charge < -0.3 is 4.74 Å². The number of rotatable bonds is 6. The van der Waals surface area contributed by atoms with Gasteiger partial charge in [-0.05, 0) is 72.7 Å². The molecule has 144 valence electrons. The molecule has 3 rings (SSSR count). The largest absolute Gasteiger partial charge is 0.481 e. The normalized spacial score (nSPS) is 12.5. The summed E-state index contributed by atoms with van der Waals surface area (Å²) in [6.07, 6.45) is 0.804. The molecule has 1 N–H and O–H groups in total. The van der Waals surface area contributed by atoms with E-state index in [1.54, 1.807) is 36.7 Å². The Balaban J connectivity index is 1.61. The zero-order chi connectivity index (χ0) is 20.1. The number of tetrazole rings is 1. The number of amides is 1. The summed E-state index contributed by atoms with van der Waals surface area (Å²) in [5.74, 6) is 0.255. The van der Waals surface area contributed by atoms with Crippen molar-refractivity contribution in [2.45, 2.75) is 26.9 Å². The number of carbonyl (C=O) groups is 1. The molecule has 1 aromatic heterocycles. The molecule has 1 amide bonds. The van der Waals surface area contributed by atoms with E-state index in [9.17, 15) is 4.79 Å². The van der Waals surface area contributed by atoms with Crippen LogP contribution in [0.4, 0.5) is 0 Å². The van der Waals surface area contributed by atoms with Crippen LogP contribution in [0.3, 0.4) is 0 Å². The standard InChI is InChI=1S/C19H19ClN6O2/c1-12-10-16(20)6-9-18(12)28-14(3)19(27)23-22-13(2)15-4-7-17(8-5-15)26-11-21-24-25-26/h4-11,14H,1-3H3,(H,23,27)/b22-13-/t14-/m0/s1. The van der Waals surface area contributed by atoms with Crippen molar-refractivity contribution in [1.29, 1.82) is 0 Å². The Bertz CT molecular complexity index is 986. The van der Waals surface area contributed by atoms with Gasteiger partial charge in [-0.3, -0.25) is 4.79 Å². The second-order valence-electron chi connectivity index (χ2n) is 6.14. The van der Waals surface area contributed by atoms with Gasteiger partial charge in [0, 0.05) is 5.02 Å². The van der Waals surface area contributed by atoms with Crippen molar-refractivity contribution >= 4 is 23.2 Å². The molecule has 2 aromatic carbocycles. The van der Waals surface area contributed by atoms with Crippen molar-refractivity contribution < 1.29 is 9.53 Å². The number of hydrazone groups is 1. The molecule has 9 heteroatoms. The van der Waals surface area contributed by atoms with Crippen LogP contribution in [0.1, 0.15) is 25.0 Å².